The lowest BCUT2D eigenvalue weighted by molar-refractivity contribution is -0.153. The van der Waals surface area contributed by atoms with Gasteiger partial charge in [-0.15, -0.1) is 0 Å². The zero-order chi connectivity index (χ0) is 25.1. The van der Waals surface area contributed by atoms with Crippen molar-refractivity contribution in [2.45, 2.75) is 46.7 Å². The minimum Gasteiger partial charge on any atom is -0.490 e. The van der Waals surface area contributed by atoms with Gasteiger partial charge in [0.05, 0.1) is 13.2 Å². The Morgan fingerprint density at radius 1 is 0.912 bits per heavy atom. The highest BCUT2D eigenvalue weighted by Crippen LogP contribution is 2.28. The molecule has 0 aliphatic carbocycles. The quantitative estimate of drug-likeness (QED) is 0.505. The van der Waals surface area contributed by atoms with E-state index < -0.39 is 24.0 Å². The number of benzene rings is 2. The summed E-state index contributed by atoms with van der Waals surface area (Å²) in [6.45, 7) is 9.96. The third kappa shape index (κ3) is 8.10. The van der Waals surface area contributed by atoms with Gasteiger partial charge >= 0.3 is 5.97 Å². The molecule has 0 heterocycles. The molecule has 2 aromatic rings. The second-order valence-electron chi connectivity index (χ2n) is 8.51. The van der Waals surface area contributed by atoms with E-state index in [-0.39, 0.29) is 12.5 Å². The topological polar surface area (TPSA) is 94.2 Å². The number of amides is 2. The first kappa shape index (κ1) is 26.7. The summed E-state index contributed by atoms with van der Waals surface area (Å²) in [5, 5.41) is 2.51. The molecule has 8 heteroatoms. The summed E-state index contributed by atoms with van der Waals surface area (Å²) in [6, 6.07) is 14.4. The van der Waals surface area contributed by atoms with Crippen LogP contribution in [-0.2, 0) is 20.9 Å². The minimum atomic E-state index is -0.703. The van der Waals surface area contributed by atoms with Gasteiger partial charge in [-0.05, 0) is 58.4 Å². The standard InChI is InChI=1S/C26H34N2O6/c1-6-32-21-14-13-20(15-22(21)33-7-2)25(31)27-16-24(30)34-18-23(29)28(26(3,4)5)17-19-11-9-8-10-12-19/h8-15H,6-7,16-18H2,1-5H3,(H,27,31). The fourth-order valence-electron chi connectivity index (χ4n) is 3.18. The van der Waals surface area contributed by atoms with Crippen molar-refractivity contribution >= 4 is 17.8 Å². The monoisotopic (exact) mass is 470 g/mol. The fraction of sp³-hybridized carbons (Fsp3) is 0.423. The van der Waals surface area contributed by atoms with Crippen LogP contribution in [0.4, 0.5) is 0 Å². The lowest BCUT2D eigenvalue weighted by Gasteiger charge is -2.35. The van der Waals surface area contributed by atoms with E-state index in [9.17, 15) is 14.4 Å². The average Bonchev–Trinajstić information content (AvgIpc) is 2.80. The van der Waals surface area contributed by atoms with Gasteiger partial charge < -0.3 is 24.4 Å². The lowest BCUT2D eigenvalue weighted by atomic mass is 10.0. The number of ether oxygens (including phenoxy) is 3. The normalized spacial score (nSPS) is 10.9. The lowest BCUT2D eigenvalue weighted by Crippen LogP contribution is -2.47. The highest BCUT2D eigenvalue weighted by atomic mass is 16.5. The maximum absolute atomic E-state index is 12.8. The molecule has 34 heavy (non-hydrogen) atoms. The molecule has 0 aliphatic rings. The van der Waals surface area contributed by atoms with Crippen molar-refractivity contribution < 1.29 is 28.6 Å². The highest BCUT2D eigenvalue weighted by molar-refractivity contribution is 5.96. The van der Waals surface area contributed by atoms with E-state index in [4.69, 9.17) is 14.2 Å². The molecular weight excluding hydrogens is 436 g/mol. The number of nitrogens with zero attached hydrogens (tertiary/aromatic N) is 1. The molecule has 1 N–H and O–H groups in total. The van der Waals surface area contributed by atoms with Gasteiger partial charge in [0.1, 0.15) is 6.54 Å². The number of rotatable bonds is 11. The van der Waals surface area contributed by atoms with Crippen LogP contribution in [0.3, 0.4) is 0 Å². The molecular formula is C26H34N2O6. The summed E-state index contributed by atoms with van der Waals surface area (Å²) in [5.41, 5.74) is 0.836. The summed E-state index contributed by atoms with van der Waals surface area (Å²) in [5.74, 6) is -0.494. The van der Waals surface area contributed by atoms with Crippen LogP contribution in [0.15, 0.2) is 48.5 Å². The van der Waals surface area contributed by atoms with Gasteiger partial charge in [0.2, 0.25) is 0 Å². The molecule has 0 fully saturated rings. The molecule has 0 radical (unpaired) electrons. The summed E-state index contributed by atoms with van der Waals surface area (Å²) in [4.78, 5) is 39.1. The summed E-state index contributed by atoms with van der Waals surface area (Å²) >= 11 is 0. The van der Waals surface area contributed by atoms with Crippen LogP contribution in [0.25, 0.3) is 0 Å². The van der Waals surface area contributed by atoms with Gasteiger partial charge in [-0.3, -0.25) is 14.4 Å². The molecule has 2 amide bonds. The van der Waals surface area contributed by atoms with Gasteiger partial charge in [-0.1, -0.05) is 30.3 Å². The third-order valence-electron chi connectivity index (χ3n) is 4.85. The van der Waals surface area contributed by atoms with Crippen LogP contribution in [-0.4, -0.2) is 54.6 Å². The van der Waals surface area contributed by atoms with Crippen LogP contribution in [0.2, 0.25) is 0 Å². The number of hydrogen-bond donors (Lipinski definition) is 1. The number of carbonyl (C=O) groups is 3. The number of carbonyl (C=O) groups excluding carboxylic acids is 3. The summed E-state index contributed by atoms with van der Waals surface area (Å²) < 4.78 is 16.1. The average molecular weight is 471 g/mol. The van der Waals surface area contributed by atoms with E-state index in [1.54, 1.807) is 23.1 Å². The van der Waals surface area contributed by atoms with E-state index in [1.165, 1.54) is 0 Å². The predicted molar refractivity (Wildman–Crippen MR) is 129 cm³/mol. The first-order valence-electron chi connectivity index (χ1n) is 11.3. The van der Waals surface area contributed by atoms with Gasteiger partial charge in [0, 0.05) is 17.6 Å². The zero-order valence-corrected chi connectivity index (χ0v) is 20.6. The number of nitrogens with one attached hydrogen (secondary N) is 1. The van der Waals surface area contributed by atoms with E-state index in [1.807, 2.05) is 65.0 Å². The van der Waals surface area contributed by atoms with Crippen molar-refractivity contribution in [2.24, 2.45) is 0 Å². The maximum atomic E-state index is 12.8. The SMILES string of the molecule is CCOc1ccc(C(=O)NCC(=O)OCC(=O)N(Cc2ccccc2)C(C)(C)C)cc1OCC. The van der Waals surface area contributed by atoms with Crippen molar-refractivity contribution in [1.82, 2.24) is 10.2 Å². The smallest absolute Gasteiger partial charge is 0.325 e. The van der Waals surface area contributed by atoms with E-state index in [2.05, 4.69) is 5.32 Å². The number of hydrogen-bond acceptors (Lipinski definition) is 6. The Morgan fingerprint density at radius 3 is 2.18 bits per heavy atom. The zero-order valence-electron chi connectivity index (χ0n) is 20.6. The van der Waals surface area contributed by atoms with Crippen LogP contribution in [0.1, 0.15) is 50.5 Å². The Hall–Kier alpha value is -3.55. The highest BCUT2D eigenvalue weighted by Gasteiger charge is 2.27. The molecule has 0 saturated heterocycles. The van der Waals surface area contributed by atoms with E-state index in [0.29, 0.717) is 36.8 Å². The Morgan fingerprint density at radius 2 is 1.56 bits per heavy atom. The van der Waals surface area contributed by atoms with Gasteiger partial charge in [0.15, 0.2) is 18.1 Å². The fourth-order valence-corrected chi connectivity index (χ4v) is 3.18. The first-order chi connectivity index (χ1) is 16.2. The van der Waals surface area contributed by atoms with Gasteiger partial charge in [0.25, 0.3) is 11.8 Å². The molecule has 2 aromatic carbocycles. The number of esters is 1. The molecule has 184 valence electrons. The second-order valence-corrected chi connectivity index (χ2v) is 8.51. The van der Waals surface area contributed by atoms with E-state index >= 15 is 0 Å². The summed E-state index contributed by atoms with van der Waals surface area (Å²) in [7, 11) is 0. The molecule has 0 atom stereocenters. The largest absolute Gasteiger partial charge is 0.490 e. The van der Waals surface area contributed by atoms with Gasteiger partial charge in [-0.2, -0.15) is 0 Å². The Kier molecular flexibility index (Phi) is 9.92. The summed E-state index contributed by atoms with van der Waals surface area (Å²) in [6.07, 6.45) is 0. The Labute approximate surface area is 201 Å². The van der Waals surface area contributed by atoms with Crippen molar-refractivity contribution in [3.05, 3.63) is 59.7 Å². The molecule has 8 nitrogen and oxygen atoms in total. The van der Waals surface area contributed by atoms with Crippen LogP contribution >= 0.6 is 0 Å². The molecule has 0 aliphatic heterocycles. The Bertz CT molecular complexity index is 969. The Balaban J connectivity index is 1.91. The molecule has 2 rings (SSSR count). The van der Waals surface area contributed by atoms with Crippen molar-refractivity contribution in [3.8, 4) is 11.5 Å². The molecule has 0 unspecified atom stereocenters. The van der Waals surface area contributed by atoms with Crippen molar-refractivity contribution in [2.75, 3.05) is 26.4 Å². The first-order valence-corrected chi connectivity index (χ1v) is 11.3. The van der Waals surface area contributed by atoms with Crippen LogP contribution in [0.5, 0.6) is 11.5 Å². The molecule has 0 spiro atoms. The second kappa shape index (κ2) is 12.6. The van der Waals surface area contributed by atoms with Crippen LogP contribution in [0, 0.1) is 0 Å². The molecule has 0 aromatic heterocycles. The maximum Gasteiger partial charge on any atom is 0.325 e. The van der Waals surface area contributed by atoms with Gasteiger partial charge in [-0.25, -0.2) is 0 Å². The predicted octanol–water partition coefficient (Wildman–Crippen LogP) is 3.58. The molecule has 0 bridgehead atoms. The van der Waals surface area contributed by atoms with E-state index in [0.717, 1.165) is 5.56 Å². The van der Waals surface area contributed by atoms with Crippen LogP contribution < -0.4 is 14.8 Å². The van der Waals surface area contributed by atoms with Crippen molar-refractivity contribution in [3.63, 3.8) is 0 Å². The third-order valence-corrected chi connectivity index (χ3v) is 4.85. The van der Waals surface area contributed by atoms with Crippen molar-refractivity contribution in [1.29, 1.82) is 0 Å². The molecule has 0 saturated carbocycles. The minimum absolute atomic E-state index is 0.316.